The monoisotopic (exact) mass is 393 g/mol. The van der Waals surface area contributed by atoms with Crippen LogP contribution in [0.4, 0.5) is 23.7 Å². The lowest BCUT2D eigenvalue weighted by atomic mass is 10.2. The smallest absolute Gasteiger partial charge is 0.506 e. The minimum atomic E-state index is -4.83. The van der Waals surface area contributed by atoms with E-state index in [1.54, 1.807) is 6.07 Å². The second-order valence-electron chi connectivity index (χ2n) is 6.59. The van der Waals surface area contributed by atoms with Crippen molar-refractivity contribution in [2.45, 2.75) is 31.3 Å². The third-order valence-corrected chi connectivity index (χ3v) is 4.81. The number of halogens is 3. The molecule has 2 aromatic rings. The van der Waals surface area contributed by atoms with E-state index in [1.807, 2.05) is 0 Å². The number of imide groups is 1. The van der Waals surface area contributed by atoms with Gasteiger partial charge in [0, 0.05) is 11.8 Å². The van der Waals surface area contributed by atoms with Crippen LogP contribution in [0.2, 0.25) is 0 Å². The molecule has 0 unspecified atom stereocenters. The van der Waals surface area contributed by atoms with Crippen LogP contribution in [0.25, 0.3) is 0 Å². The van der Waals surface area contributed by atoms with Gasteiger partial charge in [0.25, 0.3) is 5.91 Å². The summed E-state index contributed by atoms with van der Waals surface area (Å²) in [5.41, 5.74) is -0.385. The number of aromatic hydroxyl groups is 1. The number of carbonyl (C=O) groups excluding carboxylic acids is 2. The lowest BCUT2D eigenvalue weighted by Gasteiger charge is -2.21. The van der Waals surface area contributed by atoms with E-state index in [0.717, 1.165) is 17.0 Å². The first kappa shape index (κ1) is 18.1. The molecule has 0 radical (unpaired) electrons. The van der Waals surface area contributed by atoms with E-state index in [0.29, 0.717) is 18.4 Å². The number of rotatable bonds is 4. The number of anilines is 1. The molecule has 0 atom stereocenters. The van der Waals surface area contributed by atoms with Crippen LogP contribution in [0, 0.1) is 0 Å². The maximum absolute atomic E-state index is 12.9. The van der Waals surface area contributed by atoms with Gasteiger partial charge in [0.2, 0.25) is 0 Å². The lowest BCUT2D eigenvalue weighted by Crippen LogP contribution is -2.36. The van der Waals surface area contributed by atoms with E-state index in [9.17, 15) is 27.9 Å². The lowest BCUT2D eigenvalue weighted by molar-refractivity contribution is -0.274. The van der Waals surface area contributed by atoms with Gasteiger partial charge in [0.05, 0.1) is 18.4 Å². The Morgan fingerprint density at radius 3 is 2.39 bits per heavy atom. The van der Waals surface area contributed by atoms with Crippen LogP contribution >= 0.6 is 0 Å². The van der Waals surface area contributed by atoms with E-state index < -0.39 is 29.6 Å². The van der Waals surface area contributed by atoms with Gasteiger partial charge in [0.15, 0.2) is 0 Å². The van der Waals surface area contributed by atoms with E-state index in [-0.39, 0.29) is 18.0 Å². The molecule has 1 saturated carbocycles. The second kappa shape index (κ2) is 6.11. The van der Waals surface area contributed by atoms with Crippen molar-refractivity contribution in [3.8, 4) is 11.5 Å². The summed E-state index contributed by atoms with van der Waals surface area (Å²) in [5.74, 6) is -0.976. The average Bonchev–Trinajstić information content (AvgIpc) is 3.39. The fourth-order valence-electron chi connectivity index (χ4n) is 3.28. The van der Waals surface area contributed by atoms with Gasteiger partial charge in [-0.3, -0.25) is 9.78 Å². The summed E-state index contributed by atoms with van der Waals surface area (Å²) in [4.78, 5) is 31.9. The maximum atomic E-state index is 12.9. The van der Waals surface area contributed by atoms with Crippen molar-refractivity contribution in [2.24, 2.45) is 0 Å². The zero-order chi connectivity index (χ0) is 20.1. The number of hydrogen-bond donors (Lipinski definition) is 1. The van der Waals surface area contributed by atoms with Crippen molar-refractivity contribution in [3.63, 3.8) is 0 Å². The molecule has 146 valence electrons. The molecule has 1 saturated heterocycles. The Balaban J connectivity index is 1.60. The van der Waals surface area contributed by atoms with Gasteiger partial charge in [-0.25, -0.2) is 9.69 Å². The third kappa shape index (κ3) is 3.00. The Morgan fingerprint density at radius 1 is 1.14 bits per heavy atom. The number of benzene rings is 1. The van der Waals surface area contributed by atoms with Gasteiger partial charge < -0.3 is 14.7 Å². The molecule has 4 rings (SSSR count). The number of nitrogens with zero attached hydrogens (tertiary/aromatic N) is 3. The van der Waals surface area contributed by atoms with E-state index in [2.05, 4.69) is 9.72 Å². The molecule has 10 heteroatoms. The van der Waals surface area contributed by atoms with Crippen LogP contribution in [-0.2, 0) is 11.3 Å². The zero-order valence-electron chi connectivity index (χ0n) is 14.3. The van der Waals surface area contributed by atoms with Crippen molar-refractivity contribution in [1.82, 2.24) is 9.88 Å². The number of aromatic nitrogens is 1. The second-order valence-corrected chi connectivity index (χ2v) is 6.59. The number of amides is 3. The number of carbonyl (C=O) groups is 2. The number of urea groups is 1. The fourth-order valence-corrected chi connectivity index (χ4v) is 3.28. The molecule has 1 aliphatic carbocycles. The Labute approximate surface area is 156 Å². The Bertz CT molecular complexity index is 942. The molecule has 28 heavy (non-hydrogen) atoms. The highest BCUT2D eigenvalue weighted by Crippen LogP contribution is 2.50. The standard InChI is InChI=1S/C18H14F3N3O4/c19-18(20,21)28-13-3-1-12(2-4-13)24-15(26)17(6-7-17)23(16(24)27)10-11-5-8-22-9-14(11)25/h1-5,8-9,25H,6-7,10H2. The molecule has 1 aromatic carbocycles. The van der Waals surface area contributed by atoms with Gasteiger partial charge in [-0.15, -0.1) is 13.2 Å². The highest BCUT2D eigenvalue weighted by molar-refractivity contribution is 6.24. The Hall–Kier alpha value is -3.30. The number of pyridine rings is 1. The van der Waals surface area contributed by atoms with Crippen LogP contribution in [0.15, 0.2) is 42.7 Å². The van der Waals surface area contributed by atoms with Gasteiger partial charge in [-0.2, -0.15) is 0 Å². The highest BCUT2D eigenvalue weighted by atomic mass is 19.4. The summed E-state index contributed by atoms with van der Waals surface area (Å²) in [6.45, 7) is 0.0185. The first-order valence-corrected chi connectivity index (χ1v) is 8.35. The molecular formula is C18H14F3N3O4. The van der Waals surface area contributed by atoms with Crippen LogP contribution in [0.5, 0.6) is 11.5 Å². The van der Waals surface area contributed by atoms with Crippen LogP contribution in [0.3, 0.4) is 0 Å². The fraction of sp³-hybridized carbons (Fsp3) is 0.278. The van der Waals surface area contributed by atoms with Crippen LogP contribution in [0.1, 0.15) is 18.4 Å². The summed E-state index contributed by atoms with van der Waals surface area (Å²) < 4.78 is 40.7. The van der Waals surface area contributed by atoms with E-state index >= 15 is 0 Å². The molecule has 1 spiro atoms. The number of ether oxygens (including phenoxy) is 1. The Kier molecular flexibility index (Phi) is 3.95. The van der Waals surface area contributed by atoms with Crippen molar-refractivity contribution in [3.05, 3.63) is 48.3 Å². The normalized spacial score (nSPS) is 18.1. The molecule has 1 aliphatic heterocycles. The van der Waals surface area contributed by atoms with Crippen molar-refractivity contribution >= 4 is 17.6 Å². The summed E-state index contributed by atoms with van der Waals surface area (Å²) >= 11 is 0. The van der Waals surface area contributed by atoms with Gasteiger partial charge in [-0.1, -0.05) is 0 Å². The summed E-state index contributed by atoms with van der Waals surface area (Å²) in [6, 6.07) is 5.49. The SMILES string of the molecule is O=C1N(c2ccc(OC(F)(F)F)cc2)C(=O)C2(CC2)N1Cc1ccncc1O. The average molecular weight is 393 g/mol. The molecule has 1 aromatic heterocycles. The molecule has 2 heterocycles. The van der Waals surface area contributed by atoms with Gasteiger partial charge in [-0.05, 0) is 43.2 Å². The largest absolute Gasteiger partial charge is 0.573 e. The highest BCUT2D eigenvalue weighted by Gasteiger charge is 2.65. The van der Waals surface area contributed by atoms with Crippen LogP contribution < -0.4 is 9.64 Å². The summed E-state index contributed by atoms with van der Waals surface area (Å²) in [7, 11) is 0. The minimum absolute atomic E-state index is 0.0185. The third-order valence-electron chi connectivity index (χ3n) is 4.81. The maximum Gasteiger partial charge on any atom is 0.573 e. The van der Waals surface area contributed by atoms with Crippen molar-refractivity contribution in [1.29, 1.82) is 0 Å². The zero-order valence-corrected chi connectivity index (χ0v) is 14.3. The Morgan fingerprint density at radius 2 is 1.82 bits per heavy atom. The van der Waals surface area contributed by atoms with Crippen LogP contribution in [-0.4, -0.2) is 38.8 Å². The first-order valence-electron chi connectivity index (χ1n) is 8.35. The number of hydrogen-bond acceptors (Lipinski definition) is 5. The molecule has 2 aliphatic rings. The number of alkyl halides is 3. The van der Waals surface area contributed by atoms with Crippen molar-refractivity contribution < 1.29 is 32.6 Å². The molecular weight excluding hydrogens is 379 g/mol. The molecule has 3 amide bonds. The molecule has 0 bridgehead atoms. The molecule has 2 fully saturated rings. The van der Waals surface area contributed by atoms with E-state index in [1.165, 1.54) is 29.4 Å². The topological polar surface area (TPSA) is 83.0 Å². The van der Waals surface area contributed by atoms with Crippen molar-refractivity contribution in [2.75, 3.05) is 4.90 Å². The summed E-state index contributed by atoms with van der Waals surface area (Å²) in [5, 5.41) is 9.92. The minimum Gasteiger partial charge on any atom is -0.506 e. The van der Waals surface area contributed by atoms with E-state index in [4.69, 9.17) is 0 Å². The predicted molar refractivity (Wildman–Crippen MR) is 89.4 cm³/mol. The van der Waals surface area contributed by atoms with Gasteiger partial charge in [0.1, 0.15) is 17.0 Å². The first-order chi connectivity index (χ1) is 13.2. The molecule has 1 N–H and O–H groups in total. The van der Waals surface area contributed by atoms with Gasteiger partial charge >= 0.3 is 12.4 Å². The predicted octanol–water partition coefficient (Wildman–Crippen LogP) is 3.19. The molecule has 7 nitrogen and oxygen atoms in total. The quantitative estimate of drug-likeness (QED) is 0.807. The summed E-state index contributed by atoms with van der Waals surface area (Å²) in [6.07, 6.45) is -1.16.